The van der Waals surface area contributed by atoms with E-state index in [-0.39, 0.29) is 17.9 Å². The van der Waals surface area contributed by atoms with Gasteiger partial charge >= 0.3 is 0 Å². The van der Waals surface area contributed by atoms with Crippen molar-refractivity contribution in [2.45, 2.75) is 0 Å². The molecule has 0 atom stereocenters. The number of aromatic amines is 1. The molecule has 2 N–H and O–H groups in total. The summed E-state index contributed by atoms with van der Waals surface area (Å²) in [5.74, 6) is -2.26. The highest BCUT2D eigenvalue weighted by atomic mass is 19.2. The zero-order chi connectivity index (χ0) is 17.1. The number of carbonyl (C=O) groups excluding carboxylic acids is 1. The third kappa shape index (κ3) is 3.40. The Bertz CT molecular complexity index is 969. The molecule has 2 aromatic carbocycles. The second kappa shape index (κ2) is 6.49. The molecule has 0 unspecified atom stereocenters. The van der Waals surface area contributed by atoms with Gasteiger partial charge in [-0.2, -0.15) is 0 Å². The van der Waals surface area contributed by atoms with Crippen molar-refractivity contribution >= 4 is 22.5 Å². The number of rotatable bonds is 4. The van der Waals surface area contributed by atoms with Crippen LogP contribution in [0.25, 0.3) is 10.9 Å². The highest BCUT2D eigenvalue weighted by Gasteiger charge is 2.09. The lowest BCUT2D eigenvalue weighted by Gasteiger charge is -2.09. The van der Waals surface area contributed by atoms with Crippen LogP contribution in [-0.4, -0.2) is 17.5 Å². The number of H-pyrrole nitrogens is 1. The van der Waals surface area contributed by atoms with Gasteiger partial charge in [-0.05, 0) is 24.3 Å². The normalized spacial score (nSPS) is 10.6. The Labute approximate surface area is 134 Å². The molecular formula is C17H12F2N2O3. The van der Waals surface area contributed by atoms with Crippen LogP contribution in [0.4, 0.5) is 14.5 Å². The predicted octanol–water partition coefficient (Wildman–Crippen LogP) is 2.82. The number of hydrogen-bond acceptors (Lipinski definition) is 3. The number of amides is 1. The number of nitrogens with one attached hydrogen (secondary N) is 2. The number of para-hydroxylation sites is 1. The van der Waals surface area contributed by atoms with E-state index in [2.05, 4.69) is 10.3 Å². The summed E-state index contributed by atoms with van der Waals surface area (Å²) < 4.78 is 31.4. The molecular weight excluding hydrogens is 318 g/mol. The summed E-state index contributed by atoms with van der Waals surface area (Å²) in [6.45, 7) is -0.352. The zero-order valence-corrected chi connectivity index (χ0v) is 12.3. The van der Waals surface area contributed by atoms with Crippen LogP contribution in [0.2, 0.25) is 0 Å². The van der Waals surface area contributed by atoms with Gasteiger partial charge in [-0.25, -0.2) is 8.78 Å². The molecule has 0 spiro atoms. The molecule has 0 aliphatic heterocycles. The second-order valence-corrected chi connectivity index (χ2v) is 5.01. The van der Waals surface area contributed by atoms with Gasteiger partial charge in [0.25, 0.3) is 5.91 Å². The van der Waals surface area contributed by atoms with Gasteiger partial charge in [0.1, 0.15) is 5.75 Å². The van der Waals surface area contributed by atoms with Crippen LogP contribution in [0.5, 0.6) is 5.75 Å². The molecule has 7 heteroatoms. The van der Waals surface area contributed by atoms with Crippen molar-refractivity contribution < 1.29 is 18.3 Å². The Morgan fingerprint density at radius 2 is 1.92 bits per heavy atom. The first-order valence-electron chi connectivity index (χ1n) is 7.03. The lowest BCUT2D eigenvalue weighted by atomic mass is 10.2. The molecule has 24 heavy (non-hydrogen) atoms. The first-order valence-corrected chi connectivity index (χ1v) is 7.03. The number of carbonyl (C=O) groups is 1. The highest BCUT2D eigenvalue weighted by molar-refractivity contribution is 5.92. The minimum atomic E-state index is -1.06. The standard InChI is InChI=1S/C17H12F2N2O3/c18-12-6-5-11(8-13(12)19)20-16(23)9-24-14-3-1-2-10-4-7-15(22)21-17(10)14/h1-8H,9H2,(H,20,23)(H,21,22). The molecule has 0 aliphatic carbocycles. The highest BCUT2D eigenvalue weighted by Crippen LogP contribution is 2.22. The van der Waals surface area contributed by atoms with Gasteiger partial charge in [-0.1, -0.05) is 12.1 Å². The van der Waals surface area contributed by atoms with E-state index in [1.54, 1.807) is 24.3 Å². The van der Waals surface area contributed by atoms with E-state index in [9.17, 15) is 18.4 Å². The van der Waals surface area contributed by atoms with Gasteiger partial charge in [0.2, 0.25) is 5.56 Å². The molecule has 0 saturated heterocycles. The van der Waals surface area contributed by atoms with Crippen molar-refractivity contribution in [1.29, 1.82) is 0 Å². The minimum absolute atomic E-state index is 0.119. The van der Waals surface area contributed by atoms with E-state index in [0.29, 0.717) is 11.3 Å². The fourth-order valence-electron chi connectivity index (χ4n) is 2.19. The number of pyridine rings is 1. The summed E-state index contributed by atoms with van der Waals surface area (Å²) in [6, 6.07) is 11.2. The van der Waals surface area contributed by atoms with Gasteiger partial charge in [0.05, 0.1) is 5.52 Å². The molecule has 0 bridgehead atoms. The molecule has 122 valence electrons. The first-order chi connectivity index (χ1) is 11.5. The van der Waals surface area contributed by atoms with E-state index < -0.39 is 17.5 Å². The largest absolute Gasteiger partial charge is 0.482 e. The Balaban J connectivity index is 1.71. The zero-order valence-electron chi connectivity index (χ0n) is 12.3. The van der Waals surface area contributed by atoms with Crippen LogP contribution in [0, 0.1) is 11.6 Å². The third-order valence-electron chi connectivity index (χ3n) is 3.28. The topological polar surface area (TPSA) is 71.2 Å². The van der Waals surface area contributed by atoms with Crippen molar-refractivity contribution in [3.05, 3.63) is 70.5 Å². The summed E-state index contributed by atoms with van der Waals surface area (Å²) in [7, 11) is 0. The van der Waals surface area contributed by atoms with Crippen molar-refractivity contribution in [3.8, 4) is 5.75 Å². The summed E-state index contributed by atoms with van der Waals surface area (Å²) in [6.07, 6.45) is 0. The minimum Gasteiger partial charge on any atom is -0.482 e. The lowest BCUT2D eigenvalue weighted by molar-refractivity contribution is -0.118. The predicted molar refractivity (Wildman–Crippen MR) is 85.1 cm³/mol. The maximum absolute atomic E-state index is 13.1. The molecule has 1 amide bonds. The van der Waals surface area contributed by atoms with Gasteiger partial charge in [-0.3, -0.25) is 9.59 Å². The van der Waals surface area contributed by atoms with E-state index in [0.717, 1.165) is 17.5 Å². The van der Waals surface area contributed by atoms with Gasteiger partial charge in [0.15, 0.2) is 18.2 Å². The van der Waals surface area contributed by atoms with Crippen molar-refractivity contribution in [2.75, 3.05) is 11.9 Å². The van der Waals surface area contributed by atoms with Crippen LogP contribution in [0.3, 0.4) is 0 Å². The number of fused-ring (bicyclic) bond motifs is 1. The van der Waals surface area contributed by atoms with E-state index in [1.165, 1.54) is 12.1 Å². The summed E-state index contributed by atoms with van der Waals surface area (Å²) in [5, 5.41) is 3.15. The van der Waals surface area contributed by atoms with Crippen molar-refractivity contribution in [1.82, 2.24) is 4.98 Å². The summed E-state index contributed by atoms with van der Waals surface area (Å²) in [5.41, 5.74) is 0.309. The Morgan fingerprint density at radius 1 is 1.08 bits per heavy atom. The molecule has 0 fully saturated rings. The van der Waals surface area contributed by atoms with E-state index in [4.69, 9.17) is 4.74 Å². The number of anilines is 1. The number of ether oxygens (including phenoxy) is 1. The molecule has 1 heterocycles. The van der Waals surface area contributed by atoms with Gasteiger partial charge in [-0.15, -0.1) is 0 Å². The maximum Gasteiger partial charge on any atom is 0.262 e. The molecule has 1 aromatic heterocycles. The van der Waals surface area contributed by atoms with Crippen molar-refractivity contribution in [3.63, 3.8) is 0 Å². The second-order valence-electron chi connectivity index (χ2n) is 5.01. The Hall–Kier alpha value is -3.22. The monoisotopic (exact) mass is 330 g/mol. The van der Waals surface area contributed by atoms with Crippen LogP contribution in [0.1, 0.15) is 0 Å². The molecule has 3 rings (SSSR count). The van der Waals surface area contributed by atoms with Crippen LogP contribution < -0.4 is 15.6 Å². The molecule has 3 aromatic rings. The molecule has 0 radical (unpaired) electrons. The van der Waals surface area contributed by atoms with Gasteiger partial charge in [0, 0.05) is 23.2 Å². The smallest absolute Gasteiger partial charge is 0.262 e. The quantitative estimate of drug-likeness (QED) is 0.773. The van der Waals surface area contributed by atoms with Crippen molar-refractivity contribution in [2.24, 2.45) is 0 Å². The SMILES string of the molecule is O=C(COc1cccc2ccc(=O)[nH]c12)Nc1ccc(F)c(F)c1. The van der Waals surface area contributed by atoms with Crippen LogP contribution >= 0.6 is 0 Å². The first kappa shape index (κ1) is 15.7. The van der Waals surface area contributed by atoms with Crippen LogP contribution in [-0.2, 0) is 4.79 Å². The maximum atomic E-state index is 13.1. The number of hydrogen-bond donors (Lipinski definition) is 2. The van der Waals surface area contributed by atoms with E-state index >= 15 is 0 Å². The summed E-state index contributed by atoms with van der Waals surface area (Å²) in [4.78, 5) is 25.9. The fourth-order valence-corrected chi connectivity index (χ4v) is 2.19. The molecule has 5 nitrogen and oxygen atoms in total. The number of benzene rings is 2. The van der Waals surface area contributed by atoms with Crippen LogP contribution in [0.15, 0.2) is 53.3 Å². The lowest BCUT2D eigenvalue weighted by Crippen LogP contribution is -2.20. The Kier molecular flexibility index (Phi) is 4.24. The van der Waals surface area contributed by atoms with E-state index in [1.807, 2.05) is 0 Å². The fraction of sp³-hybridized carbons (Fsp3) is 0.0588. The average Bonchev–Trinajstić information content (AvgIpc) is 2.56. The molecule has 0 saturated carbocycles. The Morgan fingerprint density at radius 3 is 2.71 bits per heavy atom. The molecule has 0 aliphatic rings. The average molecular weight is 330 g/mol. The third-order valence-corrected chi connectivity index (χ3v) is 3.28. The number of aromatic nitrogens is 1. The van der Waals surface area contributed by atoms with Gasteiger partial charge < -0.3 is 15.0 Å². The number of halogens is 2. The summed E-state index contributed by atoms with van der Waals surface area (Å²) >= 11 is 0.